The number of carbonyl (C=O) groups excluding carboxylic acids is 3. The summed E-state index contributed by atoms with van der Waals surface area (Å²) in [5, 5.41) is 3.30. The third kappa shape index (κ3) is 2.77. The number of fused-ring (bicyclic) bond motifs is 4. The van der Waals surface area contributed by atoms with Gasteiger partial charge in [-0.1, -0.05) is 0 Å². The van der Waals surface area contributed by atoms with Gasteiger partial charge in [-0.2, -0.15) is 0 Å². The lowest BCUT2D eigenvalue weighted by Gasteiger charge is -2.39. The van der Waals surface area contributed by atoms with E-state index in [2.05, 4.69) is 5.32 Å². The van der Waals surface area contributed by atoms with Crippen molar-refractivity contribution in [1.29, 1.82) is 0 Å². The fourth-order valence-corrected chi connectivity index (χ4v) is 4.83. The van der Waals surface area contributed by atoms with Crippen LogP contribution in [0.2, 0.25) is 0 Å². The third-order valence-corrected chi connectivity index (χ3v) is 6.26. The number of Topliss-reactive ketones (excluding diaryl/α,β-unsaturated/α-hetero) is 2. The number of rotatable bonds is 8. The van der Waals surface area contributed by atoms with Gasteiger partial charge in [0.1, 0.15) is 13.2 Å². The first-order chi connectivity index (χ1) is 14.3. The van der Waals surface area contributed by atoms with Gasteiger partial charge in [0.2, 0.25) is 11.6 Å². The maximum atomic E-state index is 13.5. The number of methoxy groups -OCH3 is 3. The van der Waals surface area contributed by atoms with Crippen LogP contribution in [0.4, 0.5) is 4.79 Å². The molecule has 4 atom stereocenters. The number of nitrogens with two attached hydrogens (primary N) is 1. The minimum Gasteiger partial charge on any atom is -0.484 e. The van der Waals surface area contributed by atoms with Crippen LogP contribution in [-0.2, 0) is 33.3 Å². The van der Waals surface area contributed by atoms with Crippen LogP contribution in [0.25, 0.3) is 0 Å². The molecular formula is C19H25N3O8. The zero-order valence-corrected chi connectivity index (χ0v) is 17.2. The summed E-state index contributed by atoms with van der Waals surface area (Å²) in [5.74, 6) is -1.56. The molecule has 0 aromatic rings. The third-order valence-electron chi connectivity index (χ3n) is 6.26. The van der Waals surface area contributed by atoms with Gasteiger partial charge in [0.15, 0.2) is 17.8 Å². The van der Waals surface area contributed by atoms with Gasteiger partial charge in [-0.15, -0.1) is 0 Å². The minimum absolute atomic E-state index is 0.0743. The smallest absolute Gasteiger partial charge is 0.404 e. The Kier molecular flexibility index (Phi) is 5.09. The summed E-state index contributed by atoms with van der Waals surface area (Å²) >= 11 is 0. The Labute approximate surface area is 173 Å². The molecule has 4 aliphatic rings. The monoisotopic (exact) mass is 423 g/mol. The molecule has 2 fully saturated rings. The predicted molar refractivity (Wildman–Crippen MR) is 99.7 cm³/mol. The van der Waals surface area contributed by atoms with Gasteiger partial charge in [-0.05, 0) is 6.92 Å². The number of nitrogens with one attached hydrogen (secondary N) is 1. The predicted octanol–water partition coefficient (Wildman–Crippen LogP) is -0.974. The fourth-order valence-electron chi connectivity index (χ4n) is 4.83. The van der Waals surface area contributed by atoms with E-state index in [1.54, 1.807) is 6.92 Å². The maximum absolute atomic E-state index is 13.5. The highest BCUT2D eigenvalue weighted by Crippen LogP contribution is 2.55. The van der Waals surface area contributed by atoms with Crippen LogP contribution in [-0.4, -0.2) is 87.7 Å². The van der Waals surface area contributed by atoms with E-state index in [9.17, 15) is 14.4 Å². The quantitative estimate of drug-likeness (QED) is 0.284. The normalized spacial score (nSPS) is 31.9. The van der Waals surface area contributed by atoms with Crippen molar-refractivity contribution >= 4 is 17.7 Å². The first-order valence-electron chi connectivity index (χ1n) is 9.55. The molecule has 0 radical (unpaired) electrons. The molecule has 0 aromatic heterocycles. The number of hydrogen-bond acceptors (Lipinski definition) is 10. The minimum atomic E-state index is -1.02. The van der Waals surface area contributed by atoms with Gasteiger partial charge >= 0.3 is 6.09 Å². The number of primary amides is 1. The highest BCUT2D eigenvalue weighted by Gasteiger charge is 2.72. The van der Waals surface area contributed by atoms with E-state index >= 15 is 0 Å². The Bertz CT molecular complexity index is 864. The molecule has 0 saturated carbocycles. The molecule has 2 saturated heterocycles. The molecule has 3 heterocycles. The zero-order valence-electron chi connectivity index (χ0n) is 17.2. The first kappa shape index (κ1) is 20.8. The number of ether oxygens (including phenoxy) is 5. The van der Waals surface area contributed by atoms with Crippen molar-refractivity contribution in [2.45, 2.75) is 31.0 Å². The molecule has 0 spiro atoms. The lowest BCUT2D eigenvalue weighted by atomic mass is 9.83. The zero-order chi connectivity index (χ0) is 21.8. The van der Waals surface area contributed by atoms with Crippen LogP contribution in [0.1, 0.15) is 6.92 Å². The van der Waals surface area contributed by atoms with E-state index in [0.29, 0.717) is 6.54 Å². The van der Waals surface area contributed by atoms with Gasteiger partial charge in [0, 0.05) is 45.1 Å². The Balaban J connectivity index is 1.71. The Morgan fingerprint density at radius 1 is 1.27 bits per heavy atom. The van der Waals surface area contributed by atoms with Crippen molar-refractivity contribution in [2.24, 2.45) is 11.7 Å². The molecule has 164 valence electrons. The van der Waals surface area contributed by atoms with Crippen molar-refractivity contribution in [2.75, 3.05) is 41.1 Å². The van der Waals surface area contributed by atoms with Crippen molar-refractivity contribution < 1.29 is 38.1 Å². The second kappa shape index (κ2) is 7.34. The summed E-state index contributed by atoms with van der Waals surface area (Å²) < 4.78 is 26.8. The van der Waals surface area contributed by atoms with Crippen LogP contribution >= 0.6 is 0 Å². The molecule has 3 N–H and O–H groups in total. The molecule has 0 aromatic carbocycles. The number of allylic oxidation sites excluding steroid dienone is 2. The molecule has 0 bridgehead atoms. The summed E-state index contributed by atoms with van der Waals surface area (Å²) in [5.41, 5.74) is 4.82. The molecule has 3 aliphatic heterocycles. The van der Waals surface area contributed by atoms with Crippen LogP contribution in [0.3, 0.4) is 0 Å². The van der Waals surface area contributed by atoms with Crippen LogP contribution in [0.15, 0.2) is 22.6 Å². The average molecular weight is 423 g/mol. The molecule has 1 aliphatic carbocycles. The van der Waals surface area contributed by atoms with Gasteiger partial charge in [0.25, 0.3) is 0 Å². The number of amides is 1. The highest BCUT2D eigenvalue weighted by atomic mass is 16.7. The van der Waals surface area contributed by atoms with Crippen molar-refractivity contribution in [3.05, 3.63) is 22.6 Å². The number of hydrogen-bond donors (Lipinski definition) is 2. The second-order valence-corrected chi connectivity index (χ2v) is 7.59. The summed E-state index contributed by atoms with van der Waals surface area (Å²) in [7, 11) is 4.40. The van der Waals surface area contributed by atoms with Gasteiger partial charge < -0.3 is 39.6 Å². The second-order valence-electron chi connectivity index (χ2n) is 7.59. The van der Waals surface area contributed by atoms with Gasteiger partial charge in [-0.25, -0.2) is 4.79 Å². The molecule has 11 nitrogen and oxygen atoms in total. The van der Waals surface area contributed by atoms with Crippen molar-refractivity contribution in [1.82, 2.24) is 10.2 Å². The van der Waals surface area contributed by atoms with E-state index in [0.717, 1.165) is 0 Å². The van der Waals surface area contributed by atoms with E-state index in [1.165, 1.54) is 21.3 Å². The summed E-state index contributed by atoms with van der Waals surface area (Å²) in [6.07, 6.45) is -1.67. The molecule has 30 heavy (non-hydrogen) atoms. The highest BCUT2D eigenvalue weighted by molar-refractivity contribution is 6.25. The molecule has 4 rings (SSSR count). The van der Waals surface area contributed by atoms with E-state index in [4.69, 9.17) is 29.4 Å². The number of nitrogens with zero attached hydrogens (tertiary/aromatic N) is 1. The number of carbonyl (C=O) groups is 3. The number of piperazine rings is 1. The van der Waals surface area contributed by atoms with Crippen LogP contribution in [0.5, 0.6) is 0 Å². The van der Waals surface area contributed by atoms with E-state index in [1.807, 2.05) is 4.90 Å². The van der Waals surface area contributed by atoms with Crippen LogP contribution < -0.4 is 11.1 Å². The Morgan fingerprint density at radius 3 is 2.57 bits per heavy atom. The lowest BCUT2D eigenvalue weighted by molar-refractivity contribution is -0.139. The molecule has 11 heteroatoms. The maximum Gasteiger partial charge on any atom is 0.404 e. The summed E-state index contributed by atoms with van der Waals surface area (Å²) in [6.45, 7) is 1.77. The van der Waals surface area contributed by atoms with Gasteiger partial charge in [0.05, 0.1) is 17.7 Å². The molecule has 3 unspecified atom stereocenters. The van der Waals surface area contributed by atoms with Crippen molar-refractivity contribution in [3.63, 3.8) is 0 Å². The SMILES string of the molecule is COC(COC1=C(C)C(=O)C2=C(C1=O)C(COC(N)=O)[C@@]1(OC)C3NC3CN21)OC. The summed E-state index contributed by atoms with van der Waals surface area (Å²) in [4.78, 5) is 39.9. The van der Waals surface area contributed by atoms with Crippen LogP contribution in [0, 0.1) is 5.92 Å². The van der Waals surface area contributed by atoms with E-state index < -0.39 is 29.8 Å². The lowest BCUT2D eigenvalue weighted by Crippen LogP contribution is -2.55. The molecular weight excluding hydrogens is 398 g/mol. The fraction of sp³-hybridized carbons (Fsp3) is 0.632. The first-order valence-corrected chi connectivity index (χ1v) is 9.55. The molecule has 1 amide bonds. The van der Waals surface area contributed by atoms with Crippen molar-refractivity contribution in [3.8, 4) is 0 Å². The Hall–Kier alpha value is -2.47. The largest absolute Gasteiger partial charge is 0.484 e. The summed E-state index contributed by atoms with van der Waals surface area (Å²) in [6, 6.07) is 0.0234. The average Bonchev–Trinajstić information content (AvgIpc) is 3.33. The topological polar surface area (TPSA) is 149 Å². The van der Waals surface area contributed by atoms with Gasteiger partial charge in [-0.3, -0.25) is 9.59 Å². The number of ketones is 2. The standard InChI is InChI=1S/C19H25N3O8/c1-8-14(23)13-12(15(24)16(8)29-7-11(26-2)27-3)9(6-30-18(20)25)19(28-4)17-10(21-17)5-22(13)19/h9-11,17,21H,5-7H2,1-4H3,(H2,20,25)/t9?,10?,17?,19-/m1/s1. The van der Waals surface area contributed by atoms with E-state index in [-0.39, 0.29) is 53.7 Å². The Morgan fingerprint density at radius 2 is 1.97 bits per heavy atom.